The fourth-order valence-corrected chi connectivity index (χ4v) is 3.58. The molecule has 1 amide bonds. The Morgan fingerprint density at radius 1 is 1.03 bits per heavy atom. The minimum Gasteiger partial charge on any atom is -0.507 e. The van der Waals surface area contributed by atoms with Crippen LogP contribution in [0.2, 0.25) is 0 Å². The van der Waals surface area contributed by atoms with Crippen LogP contribution in [-0.2, 0) is 16.0 Å². The van der Waals surface area contributed by atoms with Gasteiger partial charge in [0.05, 0.1) is 0 Å². The van der Waals surface area contributed by atoms with E-state index in [0.29, 0.717) is 12.0 Å². The highest BCUT2D eigenvalue weighted by atomic mass is 16.4. The summed E-state index contributed by atoms with van der Waals surface area (Å²) in [6.07, 6.45) is 2.39. The first-order valence-electron chi connectivity index (χ1n) is 10.7. The number of nitrogens with one attached hydrogen (secondary N) is 1. The van der Waals surface area contributed by atoms with Crippen molar-refractivity contribution in [2.45, 2.75) is 38.8 Å². The predicted octanol–water partition coefficient (Wildman–Crippen LogP) is 4.19. The Hall–Kier alpha value is -3.67. The Balaban J connectivity index is 1.85. The lowest BCUT2D eigenvalue weighted by Crippen LogP contribution is -2.47. The maximum atomic E-state index is 13.1. The molecular weight excluding hydrogens is 404 g/mol. The number of rotatable bonds is 9. The van der Waals surface area contributed by atoms with Gasteiger partial charge in [-0.2, -0.15) is 0 Å². The van der Waals surface area contributed by atoms with Gasteiger partial charge in [0.1, 0.15) is 17.8 Å². The molecule has 3 aromatic carbocycles. The summed E-state index contributed by atoms with van der Waals surface area (Å²) in [5, 5.41) is 24.4. The van der Waals surface area contributed by atoms with Crippen LogP contribution in [0.15, 0.2) is 71.7 Å². The van der Waals surface area contributed by atoms with Gasteiger partial charge in [-0.05, 0) is 28.3 Å². The molecule has 3 rings (SSSR count). The number of phenolic OH excluding ortho intramolecular Hbond substituents is 1. The molecule has 0 saturated carbocycles. The first-order valence-corrected chi connectivity index (χ1v) is 10.7. The molecule has 0 fully saturated rings. The van der Waals surface area contributed by atoms with E-state index >= 15 is 0 Å². The van der Waals surface area contributed by atoms with Gasteiger partial charge in [0.15, 0.2) is 0 Å². The van der Waals surface area contributed by atoms with E-state index in [2.05, 4.69) is 10.3 Å². The van der Waals surface area contributed by atoms with Crippen LogP contribution < -0.4 is 5.32 Å². The highest BCUT2D eigenvalue weighted by molar-refractivity contribution is 6.03. The van der Waals surface area contributed by atoms with Crippen LogP contribution in [0.1, 0.15) is 31.4 Å². The van der Waals surface area contributed by atoms with Crippen LogP contribution in [0.3, 0.4) is 0 Å². The third-order valence-electron chi connectivity index (χ3n) is 5.66. The van der Waals surface area contributed by atoms with Crippen molar-refractivity contribution in [3.8, 4) is 5.75 Å². The zero-order valence-corrected chi connectivity index (χ0v) is 18.2. The number of benzene rings is 3. The van der Waals surface area contributed by atoms with Crippen molar-refractivity contribution in [1.82, 2.24) is 5.32 Å². The monoisotopic (exact) mass is 432 g/mol. The second kappa shape index (κ2) is 10.6. The van der Waals surface area contributed by atoms with Crippen molar-refractivity contribution in [2.75, 3.05) is 0 Å². The predicted molar refractivity (Wildman–Crippen MR) is 126 cm³/mol. The zero-order valence-electron chi connectivity index (χ0n) is 18.2. The Morgan fingerprint density at radius 3 is 2.41 bits per heavy atom. The average molecular weight is 433 g/mol. The molecule has 0 aliphatic carbocycles. The lowest BCUT2D eigenvalue weighted by Gasteiger charge is -2.22. The van der Waals surface area contributed by atoms with Gasteiger partial charge in [-0.1, -0.05) is 80.9 Å². The van der Waals surface area contributed by atoms with Gasteiger partial charge >= 0.3 is 5.97 Å². The van der Waals surface area contributed by atoms with E-state index in [1.165, 1.54) is 6.21 Å². The first kappa shape index (κ1) is 23.0. The highest BCUT2D eigenvalue weighted by Gasteiger charge is 2.28. The Kier molecular flexibility index (Phi) is 7.60. The smallest absolute Gasteiger partial charge is 0.326 e. The molecule has 32 heavy (non-hydrogen) atoms. The number of aliphatic imine (C=N–C) groups is 1. The summed E-state index contributed by atoms with van der Waals surface area (Å²) in [7, 11) is 0. The maximum absolute atomic E-state index is 13.1. The molecule has 0 bridgehead atoms. The van der Waals surface area contributed by atoms with Crippen molar-refractivity contribution >= 4 is 28.9 Å². The van der Waals surface area contributed by atoms with Gasteiger partial charge in [-0.25, -0.2) is 4.79 Å². The largest absolute Gasteiger partial charge is 0.507 e. The number of fused-ring (bicyclic) bond motifs is 1. The van der Waals surface area contributed by atoms with E-state index < -0.39 is 24.0 Å². The van der Waals surface area contributed by atoms with E-state index in [1.54, 1.807) is 6.07 Å². The van der Waals surface area contributed by atoms with Crippen molar-refractivity contribution in [1.29, 1.82) is 0 Å². The molecule has 0 aromatic heterocycles. The number of amides is 1. The van der Waals surface area contributed by atoms with Crippen LogP contribution in [0.5, 0.6) is 5.75 Å². The molecule has 0 unspecified atom stereocenters. The molecule has 0 radical (unpaired) electrons. The van der Waals surface area contributed by atoms with Crippen molar-refractivity contribution in [3.05, 3.63) is 77.9 Å². The van der Waals surface area contributed by atoms with Crippen molar-refractivity contribution in [3.63, 3.8) is 0 Å². The van der Waals surface area contributed by atoms with E-state index in [-0.39, 0.29) is 18.1 Å². The van der Waals surface area contributed by atoms with Gasteiger partial charge in [0, 0.05) is 18.2 Å². The molecule has 0 aliphatic rings. The zero-order chi connectivity index (χ0) is 23.1. The number of carboxylic acids is 1. The standard InChI is InChI=1S/C26H28N2O4/c1-3-17(2)24(25(30)28-22(26(31)32)15-18-9-5-4-6-10-18)27-16-21-20-12-8-7-11-19(20)13-14-23(21)29/h4-14,16-17,22,24,29H,3,15H2,1-2H3,(H,28,30)(H,31,32)/t17-,22-,24-/m0/s1. The van der Waals surface area contributed by atoms with Crippen molar-refractivity contribution in [2.24, 2.45) is 10.9 Å². The Morgan fingerprint density at radius 2 is 1.72 bits per heavy atom. The van der Waals surface area contributed by atoms with Gasteiger partial charge in [-0.15, -0.1) is 0 Å². The number of carbonyl (C=O) groups excluding carboxylic acids is 1. The summed E-state index contributed by atoms with van der Waals surface area (Å²) in [5.41, 5.74) is 1.35. The quantitative estimate of drug-likeness (QED) is 0.442. The molecular formula is C26H28N2O4. The minimum absolute atomic E-state index is 0.0725. The molecule has 3 N–H and O–H groups in total. The molecule has 6 nitrogen and oxygen atoms in total. The summed E-state index contributed by atoms with van der Waals surface area (Å²) in [6.45, 7) is 3.85. The second-order valence-corrected chi connectivity index (χ2v) is 7.92. The molecule has 166 valence electrons. The normalized spacial score (nSPS) is 14.2. The molecule has 6 heteroatoms. The van der Waals surface area contributed by atoms with Crippen LogP contribution in [0, 0.1) is 5.92 Å². The molecule has 0 heterocycles. The topological polar surface area (TPSA) is 99.0 Å². The second-order valence-electron chi connectivity index (χ2n) is 7.92. The highest BCUT2D eigenvalue weighted by Crippen LogP contribution is 2.26. The fourth-order valence-electron chi connectivity index (χ4n) is 3.58. The van der Waals surface area contributed by atoms with Crippen LogP contribution in [0.25, 0.3) is 10.8 Å². The van der Waals surface area contributed by atoms with Crippen LogP contribution in [0.4, 0.5) is 0 Å². The summed E-state index contributed by atoms with van der Waals surface area (Å²) in [5.74, 6) is -1.59. The molecule has 0 aliphatic heterocycles. The third kappa shape index (κ3) is 5.52. The van der Waals surface area contributed by atoms with Gasteiger partial charge < -0.3 is 15.5 Å². The lowest BCUT2D eigenvalue weighted by atomic mass is 9.97. The van der Waals surface area contributed by atoms with Gasteiger partial charge in [-0.3, -0.25) is 9.79 Å². The minimum atomic E-state index is -1.10. The number of hydrogen-bond donors (Lipinski definition) is 3. The van der Waals surface area contributed by atoms with Crippen molar-refractivity contribution < 1.29 is 19.8 Å². The number of nitrogens with zero attached hydrogens (tertiary/aromatic N) is 1. The molecule has 3 atom stereocenters. The number of hydrogen-bond acceptors (Lipinski definition) is 4. The van der Waals surface area contributed by atoms with Crippen LogP contribution in [-0.4, -0.2) is 40.4 Å². The number of aromatic hydroxyl groups is 1. The summed E-state index contributed by atoms with van der Waals surface area (Å²) < 4.78 is 0. The summed E-state index contributed by atoms with van der Waals surface area (Å²) in [4.78, 5) is 29.4. The Labute approximate surface area is 187 Å². The third-order valence-corrected chi connectivity index (χ3v) is 5.66. The Bertz CT molecular complexity index is 1110. The molecule has 3 aromatic rings. The molecule has 0 spiro atoms. The lowest BCUT2D eigenvalue weighted by molar-refractivity contribution is -0.142. The van der Waals surface area contributed by atoms with E-state index in [9.17, 15) is 19.8 Å². The SMILES string of the molecule is CC[C@H](C)[C@H](N=Cc1c(O)ccc2ccccc12)C(=O)N[C@@H](Cc1ccccc1)C(=O)O. The van der Waals surface area contributed by atoms with Crippen LogP contribution >= 0.6 is 0 Å². The van der Waals surface area contributed by atoms with E-state index in [1.807, 2.05) is 74.5 Å². The average Bonchev–Trinajstić information content (AvgIpc) is 2.80. The number of phenols is 1. The first-order chi connectivity index (χ1) is 15.4. The number of aliphatic carboxylic acids is 1. The van der Waals surface area contributed by atoms with E-state index in [4.69, 9.17) is 0 Å². The maximum Gasteiger partial charge on any atom is 0.326 e. The van der Waals surface area contributed by atoms with Gasteiger partial charge in [0.2, 0.25) is 5.91 Å². The molecule has 0 saturated heterocycles. The number of carboxylic acid groups (broad SMARTS) is 1. The van der Waals surface area contributed by atoms with Gasteiger partial charge in [0.25, 0.3) is 0 Å². The summed E-state index contributed by atoms with van der Waals surface area (Å²) in [6, 6.07) is 18.4. The summed E-state index contributed by atoms with van der Waals surface area (Å²) >= 11 is 0. The van der Waals surface area contributed by atoms with E-state index in [0.717, 1.165) is 16.3 Å². The number of carbonyl (C=O) groups is 2. The fraction of sp³-hybridized carbons (Fsp3) is 0.269.